The quantitative estimate of drug-likeness (QED) is 0.352. The van der Waals surface area contributed by atoms with Crippen LogP contribution in [0.15, 0.2) is 63.3 Å². The molecular weight excluding hydrogens is 563 g/mol. The van der Waals surface area contributed by atoms with Crippen LogP contribution in [0, 0.1) is 5.82 Å². The highest BCUT2D eigenvalue weighted by Gasteiger charge is 2.51. The van der Waals surface area contributed by atoms with Gasteiger partial charge in [0.15, 0.2) is 14.9 Å². The van der Waals surface area contributed by atoms with Crippen LogP contribution < -0.4 is 9.50 Å². The third-order valence-electron chi connectivity index (χ3n) is 4.85. The molecule has 0 saturated carbocycles. The number of likely N-dealkylation sites (N-methyl/N-ethyl adjacent to an activating group) is 1. The van der Waals surface area contributed by atoms with Crippen LogP contribution in [-0.4, -0.2) is 31.4 Å². The minimum atomic E-state index is -4.13. The van der Waals surface area contributed by atoms with Crippen LogP contribution in [0.5, 0.6) is 5.75 Å². The van der Waals surface area contributed by atoms with Crippen LogP contribution in [0.3, 0.4) is 0 Å². The third kappa shape index (κ3) is 3.92. The van der Waals surface area contributed by atoms with Crippen molar-refractivity contribution in [2.75, 3.05) is 7.05 Å². The van der Waals surface area contributed by atoms with Crippen LogP contribution in [0.2, 0.25) is 4.34 Å². The van der Waals surface area contributed by atoms with Gasteiger partial charge in [0.25, 0.3) is 5.91 Å². The summed E-state index contributed by atoms with van der Waals surface area (Å²) in [4.78, 5) is 14.6. The monoisotopic (exact) mass is 574 g/mol. The normalized spacial score (nSPS) is 18.7. The van der Waals surface area contributed by atoms with Gasteiger partial charge in [-0.05, 0) is 75.7 Å². The summed E-state index contributed by atoms with van der Waals surface area (Å²) in [6, 6.07) is 13.0. The number of carbonyl (C=O) groups excluding carboxylic acids is 1. The maximum atomic E-state index is 13.9. The number of benzene rings is 2. The highest BCUT2D eigenvalue weighted by molar-refractivity contribution is 9.10. The molecule has 2 aromatic carbocycles. The average Bonchev–Trinajstić information content (AvgIpc) is 3.28. The Morgan fingerprint density at radius 1 is 1.19 bits per heavy atom. The molecule has 0 bridgehead atoms. The Morgan fingerprint density at radius 2 is 1.91 bits per heavy atom. The predicted molar refractivity (Wildman–Crippen MR) is 127 cm³/mol. The fourth-order valence-corrected chi connectivity index (χ4v) is 6.29. The summed E-state index contributed by atoms with van der Waals surface area (Å²) in [6.45, 7) is 0. The zero-order chi connectivity index (χ0) is 23.3. The van der Waals surface area contributed by atoms with Crippen molar-refractivity contribution in [3.05, 3.63) is 80.4 Å². The molecule has 12 heteroatoms. The van der Waals surface area contributed by atoms with E-state index < -0.39 is 27.4 Å². The number of amides is 1. The SMILES string of the molecule is CN1C(=O)C(c2cccc(OS(=O)(=O)c3ccc(Cl)s3)c2)(c2ccc(F)c(Br)c2)NC1=S. The van der Waals surface area contributed by atoms with E-state index in [-0.39, 0.29) is 19.5 Å². The van der Waals surface area contributed by atoms with Gasteiger partial charge >= 0.3 is 10.1 Å². The molecule has 4 rings (SSSR count). The van der Waals surface area contributed by atoms with E-state index in [1.165, 1.54) is 54.4 Å². The molecule has 2 heterocycles. The third-order valence-corrected chi connectivity index (χ3v) is 8.76. The fraction of sp³-hybridized carbons (Fsp3) is 0.100. The van der Waals surface area contributed by atoms with Gasteiger partial charge in [0.1, 0.15) is 11.6 Å². The largest absolute Gasteiger partial charge is 0.378 e. The number of nitrogens with zero attached hydrogens (tertiary/aromatic N) is 1. The first-order chi connectivity index (χ1) is 15.0. The number of hydrogen-bond acceptors (Lipinski definition) is 6. The highest BCUT2D eigenvalue weighted by atomic mass is 79.9. The molecule has 0 radical (unpaired) electrons. The second-order valence-corrected chi connectivity index (χ2v) is 11.5. The number of carbonyl (C=O) groups is 1. The molecule has 1 aromatic heterocycles. The lowest BCUT2D eigenvalue weighted by atomic mass is 9.82. The summed E-state index contributed by atoms with van der Waals surface area (Å²) in [7, 11) is -2.61. The van der Waals surface area contributed by atoms with Gasteiger partial charge in [0, 0.05) is 7.05 Å². The highest BCUT2D eigenvalue weighted by Crippen LogP contribution is 2.39. The Labute approximate surface area is 206 Å². The summed E-state index contributed by atoms with van der Waals surface area (Å²) >= 11 is 15.1. The lowest BCUT2D eigenvalue weighted by Crippen LogP contribution is -2.45. The summed E-state index contributed by atoms with van der Waals surface area (Å²) in [5.74, 6) is -0.920. The molecule has 0 aliphatic carbocycles. The van der Waals surface area contributed by atoms with E-state index in [2.05, 4.69) is 21.2 Å². The zero-order valence-corrected chi connectivity index (χ0v) is 20.9. The first-order valence-corrected chi connectivity index (χ1v) is 12.7. The van der Waals surface area contributed by atoms with Crippen LogP contribution in [0.1, 0.15) is 11.1 Å². The van der Waals surface area contributed by atoms with Gasteiger partial charge in [-0.3, -0.25) is 9.69 Å². The molecule has 1 aliphatic rings. The Bertz CT molecular complexity index is 1360. The van der Waals surface area contributed by atoms with Crippen molar-refractivity contribution in [3.8, 4) is 5.75 Å². The Balaban J connectivity index is 1.82. The molecule has 1 N–H and O–H groups in total. The minimum Gasteiger partial charge on any atom is -0.378 e. The van der Waals surface area contributed by atoms with Crippen molar-refractivity contribution in [2.45, 2.75) is 9.75 Å². The van der Waals surface area contributed by atoms with E-state index in [1.54, 1.807) is 12.1 Å². The number of hydrogen-bond donors (Lipinski definition) is 1. The molecule has 32 heavy (non-hydrogen) atoms. The van der Waals surface area contributed by atoms with Crippen molar-refractivity contribution >= 4 is 72.2 Å². The fourth-order valence-electron chi connectivity index (χ4n) is 3.31. The standard InChI is InChI=1S/C20H13BrClFN2O4S3/c1-25-18(26)20(24-19(25)30,12-5-6-15(23)14(21)10-12)11-3-2-4-13(9-11)29-32(27,28)17-8-7-16(22)31-17/h2-10H,1H3,(H,24,30). The summed E-state index contributed by atoms with van der Waals surface area (Å²) < 4.78 is 44.8. The summed E-state index contributed by atoms with van der Waals surface area (Å²) in [5.41, 5.74) is -0.727. The Morgan fingerprint density at radius 3 is 2.50 bits per heavy atom. The van der Waals surface area contributed by atoms with E-state index in [9.17, 15) is 17.6 Å². The Kier molecular flexibility index (Phi) is 6.05. The number of nitrogens with one attached hydrogen (secondary N) is 1. The molecule has 1 atom stereocenters. The predicted octanol–water partition coefficient (Wildman–Crippen LogP) is 4.66. The van der Waals surface area contributed by atoms with Gasteiger partial charge in [-0.15, -0.1) is 11.3 Å². The molecule has 1 fully saturated rings. The molecule has 3 aromatic rings. The second-order valence-electron chi connectivity index (χ2n) is 6.80. The van der Waals surface area contributed by atoms with Crippen molar-refractivity contribution in [1.82, 2.24) is 10.2 Å². The van der Waals surface area contributed by atoms with Crippen LogP contribution in [0.25, 0.3) is 0 Å². The minimum absolute atomic E-state index is 0.0114. The van der Waals surface area contributed by atoms with Crippen LogP contribution in [0.4, 0.5) is 4.39 Å². The molecular formula is C20H13BrClFN2O4S3. The number of thiophene rings is 1. The van der Waals surface area contributed by atoms with Gasteiger partial charge in [0.05, 0.1) is 8.81 Å². The van der Waals surface area contributed by atoms with E-state index >= 15 is 0 Å². The van der Waals surface area contributed by atoms with E-state index in [1.807, 2.05) is 0 Å². The van der Waals surface area contributed by atoms with Gasteiger partial charge in [0.2, 0.25) is 0 Å². The summed E-state index contributed by atoms with van der Waals surface area (Å²) in [6.07, 6.45) is 0. The number of rotatable bonds is 5. The van der Waals surface area contributed by atoms with E-state index in [0.29, 0.717) is 15.5 Å². The van der Waals surface area contributed by atoms with Gasteiger partial charge in [-0.1, -0.05) is 29.8 Å². The number of thiocarbonyl (C=S) groups is 1. The maximum absolute atomic E-state index is 13.9. The first-order valence-electron chi connectivity index (χ1n) is 8.91. The zero-order valence-electron chi connectivity index (χ0n) is 16.1. The smallest absolute Gasteiger partial charge is 0.348 e. The van der Waals surface area contributed by atoms with Gasteiger partial charge in [-0.25, -0.2) is 4.39 Å². The van der Waals surface area contributed by atoms with Gasteiger partial charge in [-0.2, -0.15) is 8.42 Å². The molecule has 1 aliphatic heterocycles. The topological polar surface area (TPSA) is 75.7 Å². The van der Waals surface area contributed by atoms with Crippen molar-refractivity contribution in [2.24, 2.45) is 0 Å². The average molecular weight is 576 g/mol. The summed E-state index contributed by atoms with van der Waals surface area (Å²) in [5, 5.41) is 3.18. The first kappa shape index (κ1) is 23.1. The molecule has 1 saturated heterocycles. The van der Waals surface area contributed by atoms with E-state index in [0.717, 1.165) is 11.3 Å². The Hall–Kier alpha value is -2.05. The van der Waals surface area contributed by atoms with Crippen molar-refractivity contribution in [1.29, 1.82) is 0 Å². The lowest BCUT2D eigenvalue weighted by Gasteiger charge is -2.28. The van der Waals surface area contributed by atoms with Crippen LogP contribution in [-0.2, 0) is 20.5 Å². The molecule has 6 nitrogen and oxygen atoms in total. The van der Waals surface area contributed by atoms with Crippen molar-refractivity contribution < 1.29 is 21.8 Å². The van der Waals surface area contributed by atoms with Gasteiger partial charge < -0.3 is 9.50 Å². The number of halogens is 3. The maximum Gasteiger partial charge on any atom is 0.348 e. The molecule has 166 valence electrons. The van der Waals surface area contributed by atoms with Crippen molar-refractivity contribution in [3.63, 3.8) is 0 Å². The van der Waals surface area contributed by atoms with E-state index in [4.69, 9.17) is 28.0 Å². The molecule has 1 unspecified atom stereocenters. The van der Waals surface area contributed by atoms with Crippen LogP contribution >= 0.6 is 51.1 Å². The lowest BCUT2D eigenvalue weighted by molar-refractivity contribution is -0.129. The molecule has 0 spiro atoms. The second kappa shape index (κ2) is 8.38. The molecule has 1 amide bonds.